The molecule has 2 atom stereocenters. The lowest BCUT2D eigenvalue weighted by Crippen LogP contribution is -2.46. The monoisotopic (exact) mass is 358 g/mol. The Labute approximate surface area is 149 Å². The molecule has 0 aromatic carbocycles. The highest BCUT2D eigenvalue weighted by Crippen LogP contribution is 2.19. The lowest BCUT2D eigenvalue weighted by Gasteiger charge is -2.30. The van der Waals surface area contributed by atoms with Crippen LogP contribution in [0.2, 0.25) is 0 Å². The third-order valence-electron chi connectivity index (χ3n) is 4.42. The van der Waals surface area contributed by atoms with Crippen molar-refractivity contribution in [1.29, 1.82) is 0 Å². The summed E-state index contributed by atoms with van der Waals surface area (Å²) in [5.74, 6) is -1.61. The minimum absolute atomic E-state index is 0.0533. The number of aromatic nitrogens is 2. The van der Waals surface area contributed by atoms with E-state index in [0.717, 1.165) is 25.5 Å². The van der Waals surface area contributed by atoms with Crippen molar-refractivity contribution < 1.29 is 14.0 Å². The molecule has 136 valence electrons. The molecule has 1 aliphatic carbocycles. The molecule has 1 saturated carbocycles. The molecule has 2 heterocycles. The first-order valence-corrected chi connectivity index (χ1v) is 8.43. The Bertz CT molecular complexity index is 867. The molecule has 1 fully saturated rings. The van der Waals surface area contributed by atoms with E-state index in [9.17, 15) is 18.8 Å². The Morgan fingerprint density at radius 3 is 2.46 bits per heavy atom. The Morgan fingerprint density at radius 1 is 1.12 bits per heavy atom. The zero-order chi connectivity index (χ0) is 18.5. The molecule has 2 amide bonds. The minimum atomic E-state index is -0.672. The number of hydrogen-bond donors (Lipinski definition) is 3. The van der Waals surface area contributed by atoms with Gasteiger partial charge in [-0.1, -0.05) is 0 Å². The van der Waals surface area contributed by atoms with Gasteiger partial charge in [0.05, 0.1) is 11.8 Å². The predicted molar refractivity (Wildman–Crippen MR) is 92.2 cm³/mol. The van der Waals surface area contributed by atoms with Crippen LogP contribution in [0.1, 0.15) is 46.4 Å². The van der Waals surface area contributed by atoms with Crippen molar-refractivity contribution in [2.45, 2.75) is 37.8 Å². The van der Waals surface area contributed by atoms with Crippen LogP contribution in [0.4, 0.5) is 4.39 Å². The van der Waals surface area contributed by atoms with Crippen LogP contribution in [0.15, 0.2) is 41.6 Å². The molecule has 8 heteroatoms. The molecule has 0 radical (unpaired) electrons. The summed E-state index contributed by atoms with van der Waals surface area (Å²) in [6.45, 7) is 0. The van der Waals surface area contributed by atoms with Crippen molar-refractivity contribution in [2.75, 3.05) is 0 Å². The quantitative estimate of drug-likeness (QED) is 0.768. The van der Waals surface area contributed by atoms with E-state index in [0.29, 0.717) is 6.42 Å². The summed E-state index contributed by atoms with van der Waals surface area (Å²) < 4.78 is 13.7. The van der Waals surface area contributed by atoms with Gasteiger partial charge in [0.1, 0.15) is 5.56 Å². The topological polar surface area (TPSA) is 104 Å². The summed E-state index contributed by atoms with van der Waals surface area (Å²) >= 11 is 0. The Balaban J connectivity index is 1.60. The van der Waals surface area contributed by atoms with E-state index in [1.165, 1.54) is 24.5 Å². The third-order valence-corrected chi connectivity index (χ3v) is 4.42. The van der Waals surface area contributed by atoms with Gasteiger partial charge in [0.25, 0.3) is 17.4 Å². The highest BCUT2D eigenvalue weighted by Gasteiger charge is 2.26. The predicted octanol–water partition coefficient (Wildman–Crippen LogP) is 1.38. The van der Waals surface area contributed by atoms with Crippen LogP contribution in [0.25, 0.3) is 0 Å². The average molecular weight is 358 g/mol. The van der Waals surface area contributed by atoms with E-state index in [4.69, 9.17) is 0 Å². The summed E-state index contributed by atoms with van der Waals surface area (Å²) in [6.07, 6.45) is 6.65. The van der Waals surface area contributed by atoms with E-state index < -0.39 is 23.2 Å². The molecular weight excluding hydrogens is 339 g/mol. The second kappa shape index (κ2) is 7.90. The fraction of sp³-hybridized carbons (Fsp3) is 0.333. The van der Waals surface area contributed by atoms with E-state index in [1.807, 2.05) is 0 Å². The normalized spacial score (nSPS) is 19.6. The number of amides is 2. The smallest absolute Gasteiger partial charge is 0.260 e. The molecule has 1 aliphatic rings. The summed E-state index contributed by atoms with van der Waals surface area (Å²) in [5, 5.41) is 5.64. The van der Waals surface area contributed by atoms with E-state index in [2.05, 4.69) is 20.6 Å². The maximum absolute atomic E-state index is 13.7. The number of aromatic amines is 1. The number of carbonyl (C=O) groups is 2. The Kier molecular flexibility index (Phi) is 5.40. The number of hydrogen-bond acceptors (Lipinski definition) is 4. The molecule has 0 saturated heterocycles. The first-order chi connectivity index (χ1) is 12.5. The number of rotatable bonds is 4. The third kappa shape index (κ3) is 4.14. The van der Waals surface area contributed by atoms with Crippen molar-refractivity contribution in [3.63, 3.8) is 0 Å². The molecule has 0 aliphatic heterocycles. The van der Waals surface area contributed by atoms with Gasteiger partial charge >= 0.3 is 0 Å². The van der Waals surface area contributed by atoms with Crippen molar-refractivity contribution >= 4 is 11.8 Å². The highest BCUT2D eigenvalue weighted by molar-refractivity contribution is 5.95. The molecule has 3 N–H and O–H groups in total. The molecule has 0 bridgehead atoms. The number of nitrogens with zero attached hydrogens (tertiary/aromatic N) is 1. The number of pyridine rings is 2. The Hall–Kier alpha value is -3.03. The van der Waals surface area contributed by atoms with Crippen LogP contribution in [-0.2, 0) is 0 Å². The van der Waals surface area contributed by atoms with Gasteiger partial charge in [0.2, 0.25) is 0 Å². The van der Waals surface area contributed by atoms with Gasteiger partial charge in [-0.05, 0) is 43.9 Å². The second-order valence-electron chi connectivity index (χ2n) is 6.28. The summed E-state index contributed by atoms with van der Waals surface area (Å²) in [4.78, 5) is 42.2. The number of nitrogens with one attached hydrogen (secondary N) is 3. The van der Waals surface area contributed by atoms with E-state index in [-0.39, 0.29) is 23.2 Å². The van der Waals surface area contributed by atoms with Crippen molar-refractivity contribution in [1.82, 2.24) is 20.6 Å². The lowest BCUT2D eigenvalue weighted by atomic mass is 9.90. The summed E-state index contributed by atoms with van der Waals surface area (Å²) in [5.41, 5.74) is -0.446. The molecule has 26 heavy (non-hydrogen) atoms. The molecule has 3 rings (SSSR count). The van der Waals surface area contributed by atoms with Gasteiger partial charge in [0.15, 0.2) is 5.82 Å². The first kappa shape index (κ1) is 17.8. The number of H-pyrrole nitrogens is 1. The standard InChI is InChI=1S/C18H19FN4O3/c19-15-10-20-8-6-13(15)17(25)22-11-3-1-4-12(9-11)23-18(26)14-5-2-7-21-16(14)24/h2,5-8,10-12H,1,3-4,9H2,(H,21,24)(H,22,25)(H,23,26)/t11-,12-/m1/s1. The van der Waals surface area contributed by atoms with Crippen LogP contribution in [0.3, 0.4) is 0 Å². The minimum Gasteiger partial charge on any atom is -0.349 e. The molecular formula is C18H19FN4O3. The van der Waals surface area contributed by atoms with Crippen molar-refractivity contribution in [3.05, 3.63) is 64.1 Å². The average Bonchev–Trinajstić information content (AvgIpc) is 2.62. The van der Waals surface area contributed by atoms with Crippen molar-refractivity contribution in [3.8, 4) is 0 Å². The highest BCUT2D eigenvalue weighted by atomic mass is 19.1. The number of carbonyl (C=O) groups excluding carboxylic acids is 2. The van der Waals surface area contributed by atoms with E-state index >= 15 is 0 Å². The maximum atomic E-state index is 13.7. The van der Waals surface area contributed by atoms with Gasteiger partial charge in [-0.2, -0.15) is 0 Å². The van der Waals surface area contributed by atoms with Crippen LogP contribution < -0.4 is 16.2 Å². The molecule has 0 spiro atoms. The fourth-order valence-corrected chi connectivity index (χ4v) is 3.14. The molecule has 7 nitrogen and oxygen atoms in total. The summed E-state index contributed by atoms with van der Waals surface area (Å²) in [7, 11) is 0. The van der Waals surface area contributed by atoms with E-state index in [1.54, 1.807) is 6.07 Å². The maximum Gasteiger partial charge on any atom is 0.260 e. The van der Waals surface area contributed by atoms with Crippen LogP contribution in [0, 0.1) is 5.82 Å². The number of halogens is 1. The Morgan fingerprint density at radius 2 is 1.81 bits per heavy atom. The summed E-state index contributed by atoms with van der Waals surface area (Å²) in [6, 6.07) is 4.03. The first-order valence-electron chi connectivity index (χ1n) is 8.43. The van der Waals surface area contributed by atoms with Gasteiger partial charge in [-0.15, -0.1) is 0 Å². The zero-order valence-corrected chi connectivity index (χ0v) is 14.0. The van der Waals surface area contributed by atoms with Crippen LogP contribution in [0.5, 0.6) is 0 Å². The SMILES string of the molecule is O=C(N[C@@H]1CCC[C@@H](NC(=O)c2ccc[nH]c2=O)C1)c1ccncc1F. The second-order valence-corrected chi connectivity index (χ2v) is 6.28. The van der Waals surface area contributed by atoms with Crippen LogP contribution in [-0.4, -0.2) is 33.9 Å². The van der Waals surface area contributed by atoms with Gasteiger partial charge in [-0.3, -0.25) is 19.4 Å². The largest absolute Gasteiger partial charge is 0.349 e. The molecule has 2 aromatic heterocycles. The lowest BCUT2D eigenvalue weighted by molar-refractivity contribution is 0.0900. The van der Waals surface area contributed by atoms with Gasteiger partial charge < -0.3 is 15.6 Å². The van der Waals surface area contributed by atoms with Gasteiger partial charge in [0, 0.05) is 24.5 Å². The van der Waals surface area contributed by atoms with Gasteiger partial charge in [-0.25, -0.2) is 4.39 Å². The van der Waals surface area contributed by atoms with Crippen LogP contribution >= 0.6 is 0 Å². The molecule has 2 aromatic rings. The zero-order valence-electron chi connectivity index (χ0n) is 14.0. The fourth-order valence-electron chi connectivity index (χ4n) is 3.14. The molecule has 0 unspecified atom stereocenters. The van der Waals surface area contributed by atoms with Crippen molar-refractivity contribution in [2.24, 2.45) is 0 Å².